The smallest absolute Gasteiger partial charge is 0.312 e. The third-order valence-corrected chi connectivity index (χ3v) is 11.0. The van der Waals surface area contributed by atoms with Gasteiger partial charge in [-0.25, -0.2) is 4.99 Å². The summed E-state index contributed by atoms with van der Waals surface area (Å²) >= 11 is 0. The first kappa shape index (κ1) is 56.4. The molecule has 4 N–H and O–H groups in total. The summed E-state index contributed by atoms with van der Waals surface area (Å²) in [6.45, 7) is 27.3. The van der Waals surface area contributed by atoms with Gasteiger partial charge in [0.25, 0.3) is 11.7 Å². The number of benzene rings is 2. The number of Topliss-reactive ketones (excluding diaryl/α,β-unsaturated/α-hetero) is 1. The van der Waals surface area contributed by atoms with Gasteiger partial charge in [-0.15, -0.1) is 0 Å². The van der Waals surface area contributed by atoms with E-state index in [9.17, 15) is 34.5 Å². The van der Waals surface area contributed by atoms with Gasteiger partial charge < -0.3 is 44.3 Å². The number of ketones is 1. The fourth-order valence-corrected chi connectivity index (χ4v) is 7.41. The second kappa shape index (κ2) is 26.4. The number of nitrogens with one attached hydrogen (secondary N) is 1. The van der Waals surface area contributed by atoms with Crippen LogP contribution in [-0.2, 0) is 23.9 Å². The predicted octanol–water partition coefficient (Wildman–Crippen LogP) is 9.99. The molecule has 3 aliphatic rings. The maximum Gasteiger partial charge on any atom is 0.312 e. The molecular formula is C52H74N2O12. The third kappa shape index (κ3) is 13.4. The van der Waals surface area contributed by atoms with Gasteiger partial charge in [0, 0.05) is 42.2 Å². The number of aliphatic hydroxyl groups is 2. The standard InChI is InChI=1S/C46H56N2O12.3C2H6/c1-10-11-19-56-31-17-18-32-34(22-31)59-43-33(23-49)48-45(55)26(4)15-12-14-24(2)21-27(5)38(51)40(53)41(58-30(8)50)25(3)16-13-20-57-46(9)44(54)36-35(37(43)47-32)28(6)39(52)29(7)42(36)60-46;3*1-2/h12-15,17-18,20,22-25,27,38,40-41,51-53H,10-11,16,19,21H2,1-9H3,(H,48,55);3*1-2H3/b14-12+,20-13+,26-15-,43-33-;;;/t24?,25-,27-,38-,40?,41?,46+;;;/m1.../s1. The quantitative estimate of drug-likeness (QED) is 0.122. The van der Waals surface area contributed by atoms with Crippen molar-refractivity contribution in [1.29, 1.82) is 0 Å². The van der Waals surface area contributed by atoms with E-state index in [1.807, 2.05) is 61.5 Å². The maximum atomic E-state index is 14.6. The van der Waals surface area contributed by atoms with Gasteiger partial charge in [0.05, 0.1) is 24.5 Å². The first-order chi connectivity index (χ1) is 31.4. The summed E-state index contributed by atoms with van der Waals surface area (Å²) < 4.78 is 30.0. The molecule has 0 saturated heterocycles. The number of fused-ring (bicyclic) bond motifs is 4. The summed E-state index contributed by atoms with van der Waals surface area (Å²) in [6, 6.07) is 5.01. The number of unbranched alkanes of at least 4 members (excludes halogenated alkanes) is 1. The van der Waals surface area contributed by atoms with E-state index in [-0.39, 0.29) is 74.6 Å². The molecule has 0 aliphatic carbocycles. The molecule has 1 amide bonds. The summed E-state index contributed by atoms with van der Waals surface area (Å²) in [5.74, 6) is -4.57. The Kier molecular flexibility index (Phi) is 22.6. The number of phenolic OH excluding ortho intramolecular Hbond substituents is 1. The van der Waals surface area contributed by atoms with Gasteiger partial charge in [0.1, 0.15) is 46.6 Å². The van der Waals surface area contributed by atoms with Crippen molar-refractivity contribution in [2.45, 2.75) is 154 Å². The number of aldehydes is 1. The van der Waals surface area contributed by atoms with Gasteiger partial charge in [0.2, 0.25) is 0 Å². The molecule has 3 heterocycles. The molecule has 66 heavy (non-hydrogen) atoms. The number of ether oxygens (including phenoxy) is 5. The number of hydrogen-bond acceptors (Lipinski definition) is 13. The molecule has 2 aromatic carbocycles. The Morgan fingerprint density at radius 1 is 0.985 bits per heavy atom. The number of hydrogen-bond donors (Lipinski definition) is 4. The first-order valence-electron chi connectivity index (χ1n) is 23.3. The molecule has 0 fully saturated rings. The van der Waals surface area contributed by atoms with Crippen LogP contribution >= 0.6 is 0 Å². The normalized spacial score (nSPS) is 26.9. The van der Waals surface area contributed by atoms with Gasteiger partial charge in [-0.1, -0.05) is 93.9 Å². The SMILES string of the molecule is CC.CC.CC.CCCCOc1ccc2c(c1)O/C1=C(/C=O)NC(=O)/C(C)=C\C=C\C(C)C[C@@H](C)[C@@H](O)C(O)C(OC(C)=O)[C@H](C)C/C=C/O[C@@]3(C)Oc4c(C)c(O)c(C)c(c4C3=O)C1=N2. The van der Waals surface area contributed by atoms with Gasteiger partial charge in [-0.2, -0.15) is 0 Å². The van der Waals surface area contributed by atoms with Crippen molar-refractivity contribution in [1.82, 2.24) is 5.32 Å². The first-order valence-corrected chi connectivity index (χ1v) is 23.3. The van der Waals surface area contributed by atoms with Crippen LogP contribution in [0.5, 0.6) is 23.0 Å². The Hall–Kier alpha value is -5.73. The highest BCUT2D eigenvalue weighted by molar-refractivity contribution is 6.24. The van der Waals surface area contributed by atoms with E-state index in [2.05, 4.69) is 5.32 Å². The summed E-state index contributed by atoms with van der Waals surface area (Å²) in [7, 11) is 0. The van der Waals surface area contributed by atoms with E-state index in [1.54, 1.807) is 71.0 Å². The van der Waals surface area contributed by atoms with E-state index in [0.717, 1.165) is 12.8 Å². The van der Waals surface area contributed by atoms with Crippen molar-refractivity contribution in [2.24, 2.45) is 22.7 Å². The van der Waals surface area contributed by atoms with E-state index in [1.165, 1.54) is 20.1 Å². The van der Waals surface area contributed by atoms with E-state index < -0.39 is 53.6 Å². The Morgan fingerprint density at radius 3 is 2.27 bits per heavy atom. The van der Waals surface area contributed by atoms with Crippen LogP contribution in [0, 0.1) is 31.6 Å². The molecule has 2 bridgehead atoms. The molecule has 0 aromatic heterocycles. The molecule has 14 heteroatoms. The van der Waals surface area contributed by atoms with Gasteiger partial charge in [-0.3, -0.25) is 19.2 Å². The maximum absolute atomic E-state index is 14.6. The molecule has 7 atom stereocenters. The molecule has 364 valence electrons. The highest BCUT2D eigenvalue weighted by Crippen LogP contribution is 2.48. The number of rotatable bonds is 6. The number of phenols is 1. The number of nitrogens with zero attached hydrogens (tertiary/aromatic N) is 1. The van der Waals surface area contributed by atoms with Crippen LogP contribution in [-0.4, -0.2) is 75.7 Å². The highest BCUT2D eigenvalue weighted by Gasteiger charge is 2.50. The summed E-state index contributed by atoms with van der Waals surface area (Å²) in [5.41, 5.74) is 0.775. The van der Waals surface area contributed by atoms with Crippen molar-refractivity contribution >= 4 is 35.3 Å². The zero-order chi connectivity index (χ0) is 50.1. The van der Waals surface area contributed by atoms with Crippen molar-refractivity contribution in [3.63, 3.8) is 0 Å². The lowest BCUT2D eigenvalue weighted by Gasteiger charge is -2.33. The van der Waals surface area contributed by atoms with E-state index in [0.29, 0.717) is 30.8 Å². The van der Waals surface area contributed by atoms with Crippen LogP contribution in [0.1, 0.15) is 143 Å². The van der Waals surface area contributed by atoms with Crippen LogP contribution in [0.3, 0.4) is 0 Å². The lowest BCUT2D eigenvalue weighted by atomic mass is 9.85. The number of aliphatic imine (C=N–C) groups is 1. The molecule has 3 unspecified atom stereocenters. The Bertz CT molecular complexity index is 2170. The number of amides is 1. The molecule has 14 nitrogen and oxygen atoms in total. The van der Waals surface area contributed by atoms with Crippen molar-refractivity contribution < 1.29 is 58.2 Å². The summed E-state index contributed by atoms with van der Waals surface area (Å²) in [5, 5.41) is 36.6. The fraction of sp³-hybridized carbons (Fsp3) is 0.519. The molecular weight excluding hydrogens is 845 g/mol. The van der Waals surface area contributed by atoms with Crippen LogP contribution < -0.4 is 19.5 Å². The summed E-state index contributed by atoms with van der Waals surface area (Å²) in [6.07, 6.45) is 7.01. The third-order valence-electron chi connectivity index (χ3n) is 11.0. The van der Waals surface area contributed by atoms with Crippen LogP contribution in [0.15, 0.2) is 70.8 Å². The lowest BCUT2D eigenvalue weighted by molar-refractivity contribution is -0.165. The topological polar surface area (TPSA) is 200 Å². The van der Waals surface area contributed by atoms with Crippen molar-refractivity contribution in [2.75, 3.05) is 6.61 Å². The van der Waals surface area contributed by atoms with Crippen LogP contribution in [0.25, 0.3) is 0 Å². The molecule has 3 aliphatic heterocycles. The monoisotopic (exact) mass is 919 g/mol. The Morgan fingerprint density at radius 2 is 1.65 bits per heavy atom. The minimum atomic E-state index is -1.95. The second-order valence-corrected chi connectivity index (χ2v) is 15.9. The number of carbonyl (C=O) groups excluding carboxylic acids is 4. The number of carbonyl (C=O) groups is 4. The lowest BCUT2D eigenvalue weighted by Crippen LogP contribution is -2.46. The molecule has 0 saturated carbocycles. The minimum absolute atomic E-state index is 0.00240. The summed E-state index contributed by atoms with van der Waals surface area (Å²) in [4.78, 5) is 58.2. The molecule has 0 radical (unpaired) electrons. The largest absolute Gasteiger partial charge is 0.507 e. The zero-order valence-electron chi connectivity index (χ0n) is 41.7. The van der Waals surface area contributed by atoms with Crippen LogP contribution in [0.2, 0.25) is 0 Å². The Labute approximate surface area is 391 Å². The number of aromatic hydroxyl groups is 1. The minimum Gasteiger partial charge on any atom is -0.507 e. The van der Waals surface area contributed by atoms with Gasteiger partial charge >= 0.3 is 11.8 Å². The average molecular weight is 919 g/mol. The second-order valence-electron chi connectivity index (χ2n) is 15.9. The molecule has 0 spiro atoms. The molecule has 2 aromatic rings. The Balaban J connectivity index is 0.00000239. The fourth-order valence-electron chi connectivity index (χ4n) is 7.41. The number of aliphatic hydroxyl groups excluding tert-OH is 2. The number of esters is 1. The highest BCUT2D eigenvalue weighted by atomic mass is 16.7. The van der Waals surface area contributed by atoms with Gasteiger partial charge in [0.15, 0.2) is 17.8 Å². The zero-order valence-corrected chi connectivity index (χ0v) is 41.7. The molecule has 5 rings (SSSR count). The van der Waals surface area contributed by atoms with Gasteiger partial charge in [-0.05, 0) is 76.0 Å². The van der Waals surface area contributed by atoms with Crippen molar-refractivity contribution in [3.05, 3.63) is 88.0 Å². The van der Waals surface area contributed by atoms with E-state index in [4.69, 9.17) is 28.7 Å². The van der Waals surface area contributed by atoms with Crippen LogP contribution in [0.4, 0.5) is 5.69 Å². The average Bonchev–Trinajstić information content (AvgIpc) is 3.57. The van der Waals surface area contributed by atoms with Crippen molar-refractivity contribution in [3.8, 4) is 23.0 Å². The predicted molar refractivity (Wildman–Crippen MR) is 257 cm³/mol. The number of allylic oxidation sites excluding steroid dienone is 6. The van der Waals surface area contributed by atoms with E-state index >= 15 is 0 Å².